The van der Waals surface area contributed by atoms with E-state index in [0.29, 0.717) is 6.42 Å². The van der Waals surface area contributed by atoms with Crippen molar-refractivity contribution in [3.05, 3.63) is 35.4 Å². The molecule has 0 radical (unpaired) electrons. The summed E-state index contributed by atoms with van der Waals surface area (Å²) in [5, 5.41) is 11.5. The second kappa shape index (κ2) is 6.79. The molecule has 4 heteroatoms. The van der Waals surface area contributed by atoms with Crippen LogP contribution in [0.3, 0.4) is 0 Å². The Kier molecular flexibility index (Phi) is 5.36. The summed E-state index contributed by atoms with van der Waals surface area (Å²) >= 11 is 0. The summed E-state index contributed by atoms with van der Waals surface area (Å²) in [7, 11) is 0. The molecule has 0 aliphatic rings. The van der Waals surface area contributed by atoms with Gasteiger partial charge in [0.2, 0.25) is 5.91 Å². The van der Waals surface area contributed by atoms with Crippen molar-refractivity contribution in [1.82, 2.24) is 5.32 Å². The standard InChI is InChI=1S/C14H19NO3/c1-3-12(14(17)18)9-15-13(16)8-11-6-4-5-10(2)7-11/h4-7,12H,3,8-9H2,1-2H3,(H,15,16)(H,17,18). The minimum atomic E-state index is -0.867. The van der Waals surface area contributed by atoms with Crippen LogP contribution in [-0.2, 0) is 16.0 Å². The second-order valence-corrected chi connectivity index (χ2v) is 4.41. The maximum absolute atomic E-state index is 11.7. The molecular formula is C14H19NO3. The lowest BCUT2D eigenvalue weighted by atomic mass is 10.1. The molecule has 0 fully saturated rings. The first-order valence-electron chi connectivity index (χ1n) is 6.08. The summed E-state index contributed by atoms with van der Waals surface area (Å²) in [6.07, 6.45) is 0.803. The highest BCUT2D eigenvalue weighted by atomic mass is 16.4. The largest absolute Gasteiger partial charge is 0.481 e. The smallest absolute Gasteiger partial charge is 0.308 e. The average molecular weight is 249 g/mol. The molecule has 1 aromatic rings. The van der Waals surface area contributed by atoms with E-state index in [9.17, 15) is 9.59 Å². The van der Waals surface area contributed by atoms with E-state index in [1.807, 2.05) is 31.2 Å². The summed E-state index contributed by atoms with van der Waals surface area (Å²) in [5.74, 6) is -1.51. The van der Waals surface area contributed by atoms with E-state index in [2.05, 4.69) is 5.32 Å². The molecule has 0 spiro atoms. The molecular weight excluding hydrogens is 230 g/mol. The number of aryl methyl sites for hydroxylation is 1. The highest BCUT2D eigenvalue weighted by Crippen LogP contribution is 2.05. The zero-order chi connectivity index (χ0) is 13.5. The fraction of sp³-hybridized carbons (Fsp3) is 0.429. The van der Waals surface area contributed by atoms with Gasteiger partial charge in [-0.25, -0.2) is 0 Å². The average Bonchev–Trinajstić information content (AvgIpc) is 2.29. The van der Waals surface area contributed by atoms with Crippen molar-refractivity contribution in [3.63, 3.8) is 0 Å². The normalized spacial score (nSPS) is 11.9. The van der Waals surface area contributed by atoms with Crippen molar-refractivity contribution in [2.24, 2.45) is 5.92 Å². The van der Waals surface area contributed by atoms with Crippen molar-refractivity contribution < 1.29 is 14.7 Å². The van der Waals surface area contributed by atoms with Crippen LogP contribution >= 0.6 is 0 Å². The van der Waals surface area contributed by atoms with E-state index in [1.165, 1.54) is 0 Å². The maximum atomic E-state index is 11.7. The van der Waals surface area contributed by atoms with Crippen molar-refractivity contribution in [3.8, 4) is 0 Å². The third-order valence-electron chi connectivity index (χ3n) is 2.83. The zero-order valence-electron chi connectivity index (χ0n) is 10.8. The van der Waals surface area contributed by atoms with Gasteiger partial charge in [-0.3, -0.25) is 9.59 Å². The van der Waals surface area contributed by atoms with Crippen LogP contribution in [0.2, 0.25) is 0 Å². The lowest BCUT2D eigenvalue weighted by Gasteiger charge is -2.11. The first kappa shape index (κ1) is 14.2. The molecule has 0 saturated carbocycles. The van der Waals surface area contributed by atoms with E-state index >= 15 is 0 Å². The number of rotatable bonds is 6. The van der Waals surface area contributed by atoms with Crippen LogP contribution in [0.15, 0.2) is 24.3 Å². The molecule has 0 saturated heterocycles. The highest BCUT2D eigenvalue weighted by Gasteiger charge is 2.15. The number of carbonyl (C=O) groups is 2. The van der Waals surface area contributed by atoms with Gasteiger partial charge in [0, 0.05) is 6.54 Å². The number of hydrogen-bond donors (Lipinski definition) is 2. The molecule has 18 heavy (non-hydrogen) atoms. The van der Waals surface area contributed by atoms with Crippen LogP contribution in [0.25, 0.3) is 0 Å². The molecule has 1 rings (SSSR count). The number of carboxylic acid groups (broad SMARTS) is 1. The first-order valence-corrected chi connectivity index (χ1v) is 6.08. The number of aliphatic carboxylic acids is 1. The number of carboxylic acids is 1. The number of hydrogen-bond acceptors (Lipinski definition) is 2. The molecule has 2 N–H and O–H groups in total. The summed E-state index contributed by atoms with van der Waals surface area (Å²) < 4.78 is 0. The first-order chi connectivity index (χ1) is 8.52. The Morgan fingerprint density at radius 1 is 1.39 bits per heavy atom. The predicted molar refractivity (Wildman–Crippen MR) is 69.3 cm³/mol. The topological polar surface area (TPSA) is 66.4 Å². The Labute approximate surface area is 107 Å². The molecule has 0 heterocycles. The van der Waals surface area contributed by atoms with Gasteiger partial charge < -0.3 is 10.4 Å². The third-order valence-corrected chi connectivity index (χ3v) is 2.83. The summed E-state index contributed by atoms with van der Waals surface area (Å²) in [5.41, 5.74) is 2.05. The zero-order valence-corrected chi connectivity index (χ0v) is 10.8. The van der Waals surface area contributed by atoms with E-state index in [1.54, 1.807) is 6.92 Å². The molecule has 1 unspecified atom stereocenters. The lowest BCUT2D eigenvalue weighted by molar-refractivity contribution is -0.141. The van der Waals surface area contributed by atoms with Gasteiger partial charge >= 0.3 is 5.97 Å². The van der Waals surface area contributed by atoms with Gasteiger partial charge in [-0.05, 0) is 18.9 Å². The molecule has 98 valence electrons. The molecule has 1 aromatic carbocycles. The second-order valence-electron chi connectivity index (χ2n) is 4.41. The molecule has 1 atom stereocenters. The Balaban J connectivity index is 2.45. The van der Waals surface area contributed by atoms with Crippen LogP contribution in [0, 0.1) is 12.8 Å². The maximum Gasteiger partial charge on any atom is 0.308 e. The minimum absolute atomic E-state index is 0.139. The lowest BCUT2D eigenvalue weighted by Crippen LogP contribution is -2.33. The van der Waals surface area contributed by atoms with Gasteiger partial charge in [0.25, 0.3) is 0 Å². The Morgan fingerprint density at radius 3 is 2.67 bits per heavy atom. The number of carbonyl (C=O) groups excluding carboxylic acids is 1. The SMILES string of the molecule is CCC(CNC(=O)Cc1cccc(C)c1)C(=O)O. The summed E-state index contributed by atoms with van der Waals surface area (Å²) in [6, 6.07) is 7.72. The Morgan fingerprint density at radius 2 is 2.11 bits per heavy atom. The molecule has 0 aliphatic heterocycles. The molecule has 0 aromatic heterocycles. The van der Waals surface area contributed by atoms with E-state index in [-0.39, 0.29) is 18.9 Å². The monoisotopic (exact) mass is 249 g/mol. The van der Waals surface area contributed by atoms with Gasteiger partial charge in [-0.15, -0.1) is 0 Å². The van der Waals surface area contributed by atoms with Crippen LogP contribution < -0.4 is 5.32 Å². The summed E-state index contributed by atoms with van der Waals surface area (Å²) in [6.45, 7) is 3.96. The molecule has 4 nitrogen and oxygen atoms in total. The van der Waals surface area contributed by atoms with Crippen molar-refractivity contribution in [2.75, 3.05) is 6.54 Å². The number of nitrogens with one attached hydrogen (secondary N) is 1. The van der Waals surface area contributed by atoms with E-state index in [4.69, 9.17) is 5.11 Å². The van der Waals surface area contributed by atoms with Gasteiger partial charge in [0.15, 0.2) is 0 Å². The Hall–Kier alpha value is -1.84. The fourth-order valence-electron chi connectivity index (χ4n) is 1.71. The molecule has 0 aliphatic carbocycles. The van der Waals surface area contributed by atoms with Gasteiger partial charge in [-0.1, -0.05) is 36.8 Å². The predicted octanol–water partition coefficient (Wildman–Crippen LogP) is 1.76. The van der Waals surface area contributed by atoms with Crippen molar-refractivity contribution in [1.29, 1.82) is 0 Å². The van der Waals surface area contributed by atoms with Crippen molar-refractivity contribution >= 4 is 11.9 Å². The van der Waals surface area contributed by atoms with Crippen LogP contribution in [0.1, 0.15) is 24.5 Å². The third kappa shape index (κ3) is 4.57. The van der Waals surface area contributed by atoms with Gasteiger partial charge in [-0.2, -0.15) is 0 Å². The number of amides is 1. The van der Waals surface area contributed by atoms with Gasteiger partial charge in [0.1, 0.15) is 0 Å². The van der Waals surface area contributed by atoms with Crippen LogP contribution in [0.4, 0.5) is 0 Å². The Bertz CT molecular complexity index is 429. The quantitative estimate of drug-likeness (QED) is 0.807. The summed E-state index contributed by atoms with van der Waals surface area (Å²) in [4.78, 5) is 22.5. The number of benzene rings is 1. The highest BCUT2D eigenvalue weighted by molar-refractivity contribution is 5.79. The van der Waals surface area contributed by atoms with Crippen LogP contribution in [0.5, 0.6) is 0 Å². The molecule has 0 bridgehead atoms. The van der Waals surface area contributed by atoms with Crippen LogP contribution in [-0.4, -0.2) is 23.5 Å². The minimum Gasteiger partial charge on any atom is -0.481 e. The van der Waals surface area contributed by atoms with Gasteiger partial charge in [0.05, 0.1) is 12.3 Å². The van der Waals surface area contributed by atoms with Crippen molar-refractivity contribution in [2.45, 2.75) is 26.7 Å². The van der Waals surface area contributed by atoms with E-state index < -0.39 is 11.9 Å². The fourth-order valence-corrected chi connectivity index (χ4v) is 1.71. The van der Waals surface area contributed by atoms with E-state index in [0.717, 1.165) is 11.1 Å². The molecule has 1 amide bonds.